The Hall–Kier alpha value is -1.82. The number of halogens is 3. The Morgan fingerprint density at radius 1 is 1.20 bits per heavy atom. The Morgan fingerprint density at radius 3 is 2.45 bits per heavy atom. The van der Waals surface area contributed by atoms with Gasteiger partial charge in [-0.25, -0.2) is 4.98 Å². The third kappa shape index (κ3) is 2.85. The lowest BCUT2D eigenvalue weighted by molar-refractivity contribution is -0.137. The molecule has 1 atom stereocenters. The zero-order chi connectivity index (χ0) is 14.9. The summed E-state index contributed by atoms with van der Waals surface area (Å²) in [4.78, 5) is 6.98. The molecule has 0 amide bonds. The van der Waals surface area contributed by atoms with Crippen molar-refractivity contribution in [1.82, 2.24) is 9.97 Å². The number of nitrogens with zero attached hydrogens (tertiary/aromatic N) is 1. The molecular weight excluding hydrogens is 267 g/mol. The fourth-order valence-electron chi connectivity index (χ4n) is 1.92. The van der Waals surface area contributed by atoms with Crippen LogP contribution >= 0.6 is 0 Å². The van der Waals surface area contributed by atoms with Gasteiger partial charge in [0, 0.05) is 5.56 Å². The highest BCUT2D eigenvalue weighted by Gasteiger charge is 2.33. The molecule has 1 unspecified atom stereocenters. The van der Waals surface area contributed by atoms with Crippen LogP contribution in [0.3, 0.4) is 0 Å². The van der Waals surface area contributed by atoms with Crippen molar-refractivity contribution in [3.63, 3.8) is 0 Å². The van der Waals surface area contributed by atoms with Gasteiger partial charge in [0.15, 0.2) is 0 Å². The molecule has 0 aliphatic rings. The summed E-state index contributed by atoms with van der Waals surface area (Å²) in [5, 5.41) is 0. The predicted octanol–water partition coefficient (Wildman–Crippen LogP) is 3.75. The van der Waals surface area contributed by atoms with Crippen LogP contribution in [0.5, 0.6) is 0 Å². The Bertz CT molecular complexity index is 587. The molecular formula is C14H16F3N3. The summed E-state index contributed by atoms with van der Waals surface area (Å²) in [6, 6.07) is 5.07. The molecule has 20 heavy (non-hydrogen) atoms. The first kappa shape index (κ1) is 14.6. The molecule has 0 aliphatic heterocycles. The molecule has 0 aliphatic carbocycles. The minimum atomic E-state index is -4.40. The van der Waals surface area contributed by atoms with Crippen LogP contribution < -0.4 is 5.73 Å². The van der Waals surface area contributed by atoms with E-state index in [4.69, 9.17) is 5.73 Å². The largest absolute Gasteiger partial charge is 0.417 e. The van der Waals surface area contributed by atoms with E-state index in [-0.39, 0.29) is 17.5 Å². The van der Waals surface area contributed by atoms with Crippen LogP contribution in [0.2, 0.25) is 0 Å². The maximum atomic E-state index is 13.0. The van der Waals surface area contributed by atoms with E-state index >= 15 is 0 Å². The van der Waals surface area contributed by atoms with E-state index in [1.165, 1.54) is 18.3 Å². The molecule has 1 aromatic heterocycles. The number of H-pyrrole nitrogens is 1. The number of alkyl halides is 3. The molecule has 108 valence electrons. The average Bonchev–Trinajstić information content (AvgIpc) is 2.86. The lowest BCUT2D eigenvalue weighted by Crippen LogP contribution is -2.18. The number of nitrogens with one attached hydrogen (secondary N) is 1. The summed E-state index contributed by atoms with van der Waals surface area (Å²) in [7, 11) is 0. The van der Waals surface area contributed by atoms with Crippen molar-refractivity contribution in [3.8, 4) is 11.3 Å². The number of imidazole rings is 1. The van der Waals surface area contributed by atoms with E-state index < -0.39 is 11.7 Å². The lowest BCUT2D eigenvalue weighted by Gasteiger charge is -2.13. The van der Waals surface area contributed by atoms with Crippen LogP contribution in [0, 0.1) is 5.92 Å². The third-order valence-corrected chi connectivity index (χ3v) is 3.15. The second-order valence-corrected chi connectivity index (χ2v) is 5.00. The normalized spacial score (nSPS) is 13.8. The Balaban J connectivity index is 2.43. The summed E-state index contributed by atoms with van der Waals surface area (Å²) in [5.74, 6) is 0.638. The minimum absolute atomic E-state index is 0.0784. The van der Waals surface area contributed by atoms with Gasteiger partial charge < -0.3 is 10.7 Å². The van der Waals surface area contributed by atoms with E-state index in [0.29, 0.717) is 11.5 Å². The quantitative estimate of drug-likeness (QED) is 0.901. The highest BCUT2D eigenvalue weighted by atomic mass is 19.4. The Kier molecular flexibility index (Phi) is 3.85. The summed E-state index contributed by atoms with van der Waals surface area (Å²) < 4.78 is 38.9. The van der Waals surface area contributed by atoms with Crippen molar-refractivity contribution < 1.29 is 13.2 Å². The molecule has 0 fully saturated rings. The van der Waals surface area contributed by atoms with Gasteiger partial charge in [-0.3, -0.25) is 0 Å². The van der Waals surface area contributed by atoms with Crippen molar-refractivity contribution in [2.75, 3.05) is 0 Å². The standard InChI is InChI=1S/C14H16F3N3/c1-8(2)12(18)13-19-7-11(20-13)9-5-3-4-6-10(9)14(15,16)17/h3-8,12H,18H2,1-2H3,(H,19,20). The van der Waals surface area contributed by atoms with Crippen molar-refractivity contribution >= 4 is 0 Å². The van der Waals surface area contributed by atoms with Gasteiger partial charge in [0.05, 0.1) is 23.5 Å². The molecule has 2 rings (SSSR count). The van der Waals surface area contributed by atoms with E-state index in [2.05, 4.69) is 9.97 Å². The second-order valence-electron chi connectivity index (χ2n) is 5.00. The first-order chi connectivity index (χ1) is 9.30. The molecule has 2 aromatic rings. The van der Waals surface area contributed by atoms with Gasteiger partial charge >= 0.3 is 6.18 Å². The topological polar surface area (TPSA) is 54.7 Å². The van der Waals surface area contributed by atoms with Crippen molar-refractivity contribution in [3.05, 3.63) is 41.9 Å². The van der Waals surface area contributed by atoms with Gasteiger partial charge in [-0.2, -0.15) is 13.2 Å². The van der Waals surface area contributed by atoms with Gasteiger partial charge in [0.25, 0.3) is 0 Å². The summed E-state index contributed by atoms with van der Waals surface area (Å²) in [6.45, 7) is 3.85. The first-order valence-electron chi connectivity index (χ1n) is 6.27. The maximum absolute atomic E-state index is 13.0. The predicted molar refractivity (Wildman–Crippen MR) is 70.8 cm³/mol. The molecule has 3 N–H and O–H groups in total. The fourth-order valence-corrected chi connectivity index (χ4v) is 1.92. The molecule has 0 saturated heterocycles. The smallest absolute Gasteiger partial charge is 0.341 e. The van der Waals surface area contributed by atoms with Gasteiger partial charge in [-0.15, -0.1) is 0 Å². The zero-order valence-corrected chi connectivity index (χ0v) is 11.2. The van der Waals surface area contributed by atoms with Crippen molar-refractivity contribution in [2.45, 2.75) is 26.1 Å². The monoisotopic (exact) mass is 283 g/mol. The highest BCUT2D eigenvalue weighted by molar-refractivity contribution is 5.64. The van der Waals surface area contributed by atoms with Crippen molar-refractivity contribution in [2.24, 2.45) is 11.7 Å². The molecule has 3 nitrogen and oxygen atoms in total. The average molecular weight is 283 g/mol. The SMILES string of the molecule is CC(C)C(N)c1ncc(-c2ccccc2C(F)(F)F)[nH]1. The summed E-state index contributed by atoms with van der Waals surface area (Å²) in [6.07, 6.45) is -3.01. The van der Waals surface area contributed by atoms with Gasteiger partial charge in [-0.05, 0) is 12.0 Å². The molecule has 1 aromatic carbocycles. The third-order valence-electron chi connectivity index (χ3n) is 3.15. The van der Waals surface area contributed by atoms with Gasteiger partial charge in [0.1, 0.15) is 5.82 Å². The Labute approximate surface area is 115 Å². The molecule has 1 heterocycles. The number of aromatic nitrogens is 2. The molecule has 0 saturated carbocycles. The van der Waals surface area contributed by atoms with Crippen LogP contribution in [0.25, 0.3) is 11.3 Å². The molecule has 0 radical (unpaired) electrons. The van der Waals surface area contributed by atoms with E-state index in [1.807, 2.05) is 13.8 Å². The van der Waals surface area contributed by atoms with Crippen LogP contribution in [0.4, 0.5) is 13.2 Å². The van der Waals surface area contributed by atoms with Crippen molar-refractivity contribution in [1.29, 1.82) is 0 Å². The fraction of sp³-hybridized carbons (Fsp3) is 0.357. The lowest BCUT2D eigenvalue weighted by atomic mass is 10.0. The maximum Gasteiger partial charge on any atom is 0.417 e. The number of nitrogens with two attached hydrogens (primary N) is 1. The van der Waals surface area contributed by atoms with Crippen LogP contribution in [0.15, 0.2) is 30.5 Å². The van der Waals surface area contributed by atoms with Gasteiger partial charge in [-0.1, -0.05) is 32.0 Å². The van der Waals surface area contributed by atoms with Crippen LogP contribution in [0.1, 0.15) is 31.3 Å². The number of benzene rings is 1. The number of hydrogen-bond acceptors (Lipinski definition) is 2. The second kappa shape index (κ2) is 5.28. The minimum Gasteiger partial charge on any atom is -0.341 e. The van der Waals surface area contributed by atoms with Crippen LogP contribution in [-0.4, -0.2) is 9.97 Å². The highest BCUT2D eigenvalue weighted by Crippen LogP contribution is 2.36. The van der Waals surface area contributed by atoms with E-state index in [9.17, 15) is 13.2 Å². The zero-order valence-electron chi connectivity index (χ0n) is 11.2. The summed E-state index contributed by atoms with van der Waals surface area (Å²) >= 11 is 0. The van der Waals surface area contributed by atoms with E-state index in [1.54, 1.807) is 6.07 Å². The number of rotatable bonds is 3. The molecule has 0 bridgehead atoms. The summed E-state index contributed by atoms with van der Waals surface area (Å²) in [5.41, 5.74) is 5.65. The number of hydrogen-bond donors (Lipinski definition) is 2. The van der Waals surface area contributed by atoms with Gasteiger partial charge in [0.2, 0.25) is 0 Å². The Morgan fingerprint density at radius 2 is 1.85 bits per heavy atom. The van der Waals surface area contributed by atoms with E-state index in [0.717, 1.165) is 6.07 Å². The molecule has 6 heteroatoms. The van der Waals surface area contributed by atoms with Crippen LogP contribution in [-0.2, 0) is 6.18 Å². The molecule has 0 spiro atoms. The first-order valence-corrected chi connectivity index (χ1v) is 6.27. The number of aromatic amines is 1.